The number of thiazole rings is 1. The highest BCUT2D eigenvalue weighted by molar-refractivity contribution is 7.13. The van der Waals surface area contributed by atoms with Crippen molar-refractivity contribution in [3.8, 4) is 10.4 Å². The maximum atomic E-state index is 4.27. The molecule has 82 valence electrons. The number of rotatable bonds is 3. The Morgan fingerprint density at radius 2 is 2.00 bits per heavy atom. The predicted molar refractivity (Wildman–Crippen MR) is 70.9 cm³/mol. The summed E-state index contributed by atoms with van der Waals surface area (Å²) >= 11 is 1.69. The van der Waals surface area contributed by atoms with Crippen molar-refractivity contribution in [1.29, 1.82) is 0 Å². The van der Waals surface area contributed by atoms with E-state index in [1.54, 1.807) is 11.3 Å². The summed E-state index contributed by atoms with van der Waals surface area (Å²) < 4.78 is 0. The van der Waals surface area contributed by atoms with Crippen molar-refractivity contribution in [2.45, 2.75) is 19.8 Å². The van der Waals surface area contributed by atoms with E-state index in [0.29, 0.717) is 5.92 Å². The summed E-state index contributed by atoms with van der Waals surface area (Å²) in [7, 11) is 0. The van der Waals surface area contributed by atoms with Gasteiger partial charge in [-0.1, -0.05) is 37.3 Å². The van der Waals surface area contributed by atoms with Crippen LogP contribution in [0.4, 0.5) is 0 Å². The molecule has 0 spiro atoms. The monoisotopic (exact) mass is 229 g/mol. The van der Waals surface area contributed by atoms with Crippen LogP contribution in [-0.4, -0.2) is 4.98 Å². The van der Waals surface area contributed by atoms with Gasteiger partial charge < -0.3 is 0 Å². The number of hydrogen-bond acceptors (Lipinski definition) is 2. The van der Waals surface area contributed by atoms with E-state index in [1.807, 2.05) is 18.5 Å². The Labute approximate surface area is 100 Å². The molecule has 2 heteroatoms. The summed E-state index contributed by atoms with van der Waals surface area (Å²) in [5.41, 5.74) is 5.56. The van der Waals surface area contributed by atoms with Crippen LogP contribution in [0.5, 0.6) is 0 Å². The minimum atomic E-state index is 0.414. The molecule has 2 aromatic rings. The first kappa shape index (κ1) is 11.1. The third kappa shape index (κ3) is 2.07. The van der Waals surface area contributed by atoms with E-state index in [2.05, 4.69) is 42.8 Å². The third-order valence-electron chi connectivity index (χ3n) is 2.80. The second kappa shape index (κ2) is 4.62. The lowest BCUT2D eigenvalue weighted by Crippen LogP contribution is -1.88. The highest BCUT2D eigenvalue weighted by Crippen LogP contribution is 2.28. The quantitative estimate of drug-likeness (QED) is 0.710. The van der Waals surface area contributed by atoms with E-state index in [0.717, 1.165) is 5.69 Å². The van der Waals surface area contributed by atoms with Crippen LogP contribution < -0.4 is 0 Å². The van der Waals surface area contributed by atoms with E-state index in [9.17, 15) is 0 Å². The molecule has 0 aliphatic heterocycles. The summed E-state index contributed by atoms with van der Waals surface area (Å²) in [6, 6.07) is 8.66. The maximum Gasteiger partial charge on any atom is 0.0801 e. The molecule has 0 saturated heterocycles. The highest BCUT2D eigenvalue weighted by Gasteiger charge is 2.05. The average Bonchev–Trinajstić information content (AvgIpc) is 2.75. The standard InChI is InChI=1S/C14H15NS/c1-4-10(2)12-5-7-13(8-6-12)14-11(3)15-9-16-14/h4-10H,1H2,2-3H3/t10-/m0/s1. The number of aryl methyl sites for hydroxylation is 1. The van der Waals surface area contributed by atoms with Gasteiger partial charge in [0.15, 0.2) is 0 Å². The van der Waals surface area contributed by atoms with Crippen molar-refractivity contribution in [3.63, 3.8) is 0 Å². The molecule has 1 atom stereocenters. The fourth-order valence-corrected chi connectivity index (χ4v) is 2.46. The predicted octanol–water partition coefficient (Wildman–Crippen LogP) is 4.41. The van der Waals surface area contributed by atoms with Gasteiger partial charge in [0.05, 0.1) is 16.1 Å². The summed E-state index contributed by atoms with van der Waals surface area (Å²) in [5.74, 6) is 0.414. The fourth-order valence-electron chi connectivity index (χ4n) is 1.65. The molecule has 0 unspecified atom stereocenters. The first-order valence-electron chi connectivity index (χ1n) is 5.35. The SMILES string of the molecule is C=C[C@H](C)c1ccc(-c2scnc2C)cc1. The second-order valence-electron chi connectivity index (χ2n) is 3.91. The average molecular weight is 229 g/mol. The van der Waals surface area contributed by atoms with Crippen molar-refractivity contribution in [2.24, 2.45) is 0 Å². The van der Waals surface area contributed by atoms with Gasteiger partial charge in [0, 0.05) is 0 Å². The Hall–Kier alpha value is -1.41. The van der Waals surface area contributed by atoms with Crippen LogP contribution in [0.3, 0.4) is 0 Å². The van der Waals surface area contributed by atoms with E-state index in [1.165, 1.54) is 16.0 Å². The van der Waals surface area contributed by atoms with Crippen LogP contribution in [-0.2, 0) is 0 Å². The van der Waals surface area contributed by atoms with Gasteiger partial charge in [0.1, 0.15) is 0 Å². The molecule has 1 heterocycles. The van der Waals surface area contributed by atoms with Gasteiger partial charge in [-0.3, -0.25) is 0 Å². The Morgan fingerprint density at radius 3 is 2.50 bits per heavy atom. The minimum absolute atomic E-state index is 0.414. The van der Waals surface area contributed by atoms with Gasteiger partial charge in [-0.25, -0.2) is 4.98 Å². The first-order chi connectivity index (χ1) is 7.72. The summed E-state index contributed by atoms with van der Waals surface area (Å²) in [4.78, 5) is 5.53. The third-order valence-corrected chi connectivity index (χ3v) is 3.78. The molecule has 0 bridgehead atoms. The highest BCUT2D eigenvalue weighted by atomic mass is 32.1. The summed E-state index contributed by atoms with van der Waals surface area (Å²) in [6.45, 7) is 8.02. The van der Waals surface area contributed by atoms with Crippen LogP contribution in [0.25, 0.3) is 10.4 Å². The molecule has 0 amide bonds. The van der Waals surface area contributed by atoms with Crippen molar-refractivity contribution in [1.82, 2.24) is 4.98 Å². The van der Waals surface area contributed by atoms with Crippen molar-refractivity contribution in [2.75, 3.05) is 0 Å². The Kier molecular flexibility index (Phi) is 3.20. The number of hydrogen-bond donors (Lipinski definition) is 0. The van der Waals surface area contributed by atoms with E-state index >= 15 is 0 Å². The number of allylic oxidation sites excluding steroid dienone is 1. The van der Waals surface area contributed by atoms with Gasteiger partial charge >= 0.3 is 0 Å². The van der Waals surface area contributed by atoms with Crippen LogP contribution in [0.15, 0.2) is 42.4 Å². The van der Waals surface area contributed by atoms with Crippen LogP contribution in [0, 0.1) is 6.92 Å². The van der Waals surface area contributed by atoms with Gasteiger partial charge in [-0.2, -0.15) is 0 Å². The molecule has 1 nitrogen and oxygen atoms in total. The molecule has 1 aromatic carbocycles. The zero-order valence-electron chi connectivity index (χ0n) is 9.60. The first-order valence-corrected chi connectivity index (χ1v) is 6.23. The Balaban J connectivity index is 2.33. The molecule has 2 rings (SSSR count). The molecule has 0 fully saturated rings. The van der Waals surface area contributed by atoms with E-state index in [-0.39, 0.29) is 0 Å². The lowest BCUT2D eigenvalue weighted by molar-refractivity contribution is 0.972. The lowest BCUT2D eigenvalue weighted by Gasteiger charge is -2.07. The molecular weight excluding hydrogens is 214 g/mol. The largest absolute Gasteiger partial charge is 0.249 e. The van der Waals surface area contributed by atoms with Crippen molar-refractivity contribution >= 4 is 11.3 Å². The Morgan fingerprint density at radius 1 is 1.31 bits per heavy atom. The van der Waals surface area contributed by atoms with Crippen LogP contribution in [0.1, 0.15) is 24.1 Å². The van der Waals surface area contributed by atoms with Gasteiger partial charge in [-0.15, -0.1) is 17.9 Å². The number of benzene rings is 1. The van der Waals surface area contributed by atoms with Gasteiger partial charge in [-0.05, 0) is 24.0 Å². The zero-order chi connectivity index (χ0) is 11.5. The molecule has 1 aromatic heterocycles. The molecule has 0 saturated carbocycles. The van der Waals surface area contributed by atoms with Crippen molar-refractivity contribution in [3.05, 3.63) is 53.7 Å². The molecular formula is C14H15NS. The fraction of sp³-hybridized carbons (Fsp3) is 0.214. The summed E-state index contributed by atoms with van der Waals surface area (Å²) in [5, 5.41) is 0. The lowest BCUT2D eigenvalue weighted by atomic mass is 9.99. The van der Waals surface area contributed by atoms with Crippen molar-refractivity contribution < 1.29 is 0 Å². The van der Waals surface area contributed by atoms with Crippen LogP contribution in [0.2, 0.25) is 0 Å². The minimum Gasteiger partial charge on any atom is -0.249 e. The number of aromatic nitrogens is 1. The number of nitrogens with zero attached hydrogens (tertiary/aromatic N) is 1. The molecule has 0 N–H and O–H groups in total. The van der Waals surface area contributed by atoms with E-state index in [4.69, 9.17) is 0 Å². The second-order valence-corrected chi connectivity index (χ2v) is 4.77. The normalized spacial score (nSPS) is 12.4. The molecule has 0 aliphatic carbocycles. The molecule has 0 radical (unpaired) electrons. The molecule has 0 aliphatic rings. The zero-order valence-corrected chi connectivity index (χ0v) is 10.4. The maximum absolute atomic E-state index is 4.27. The Bertz CT molecular complexity index is 482. The molecule has 16 heavy (non-hydrogen) atoms. The topological polar surface area (TPSA) is 12.9 Å². The van der Waals surface area contributed by atoms with Gasteiger partial charge in [0.25, 0.3) is 0 Å². The van der Waals surface area contributed by atoms with Gasteiger partial charge in [0.2, 0.25) is 0 Å². The smallest absolute Gasteiger partial charge is 0.0801 e. The summed E-state index contributed by atoms with van der Waals surface area (Å²) in [6.07, 6.45) is 1.97. The van der Waals surface area contributed by atoms with Crippen LogP contribution >= 0.6 is 11.3 Å². The van der Waals surface area contributed by atoms with E-state index < -0.39 is 0 Å².